The van der Waals surface area contributed by atoms with Gasteiger partial charge in [-0.3, -0.25) is 5.73 Å². The average Bonchev–Trinajstić information content (AvgIpc) is 2.70. The first-order valence-corrected chi connectivity index (χ1v) is 5.38. The van der Waals surface area contributed by atoms with Gasteiger partial charge < -0.3 is 5.73 Å². The first kappa shape index (κ1) is 9.99. The van der Waals surface area contributed by atoms with Crippen LogP contribution in [-0.4, -0.2) is 0 Å². The summed E-state index contributed by atoms with van der Waals surface area (Å²) in [4.78, 5) is 8.89. The molecular weight excluding hydrogens is 212 g/mol. The molecule has 0 radical (unpaired) electrons. The van der Waals surface area contributed by atoms with Crippen molar-refractivity contribution in [2.45, 2.75) is 5.79 Å². The molecule has 1 unspecified atom stereocenters. The van der Waals surface area contributed by atoms with Crippen molar-refractivity contribution in [1.29, 1.82) is 0 Å². The molecule has 1 heterocycles. The van der Waals surface area contributed by atoms with Gasteiger partial charge in [0.15, 0.2) is 0 Å². The van der Waals surface area contributed by atoms with Crippen molar-refractivity contribution in [3.05, 3.63) is 64.8 Å². The second-order valence-electron chi connectivity index (χ2n) is 4.03. The Hall–Kier alpha value is -2.20. The third-order valence-corrected chi connectivity index (χ3v) is 2.82. The molecule has 0 bridgehead atoms. The Balaban J connectivity index is 2.25. The molecule has 0 fully saturated rings. The highest BCUT2D eigenvalue weighted by Gasteiger charge is 2.28. The first-order valence-electron chi connectivity index (χ1n) is 5.38. The van der Waals surface area contributed by atoms with E-state index in [1.165, 1.54) is 0 Å². The lowest BCUT2D eigenvalue weighted by molar-refractivity contribution is 0.492. The summed E-state index contributed by atoms with van der Waals surface area (Å²) >= 11 is 0. The Morgan fingerprint density at radius 1 is 0.882 bits per heavy atom. The maximum Gasteiger partial charge on any atom is 0.230 e. The van der Waals surface area contributed by atoms with E-state index in [1.54, 1.807) is 6.07 Å². The average molecular weight is 224 g/mol. The Labute approximate surface area is 98.3 Å². The first-order chi connectivity index (χ1) is 8.19. The van der Waals surface area contributed by atoms with E-state index < -0.39 is 5.79 Å². The van der Waals surface area contributed by atoms with Gasteiger partial charge in [0.1, 0.15) is 5.36 Å². The van der Waals surface area contributed by atoms with Crippen LogP contribution in [-0.2, 0) is 5.79 Å². The van der Waals surface area contributed by atoms with Crippen LogP contribution >= 0.6 is 0 Å². The Kier molecular flexibility index (Phi) is 2.00. The van der Waals surface area contributed by atoms with Gasteiger partial charge in [-0.2, -0.15) is 0 Å². The van der Waals surface area contributed by atoms with Crippen LogP contribution in [0.3, 0.4) is 0 Å². The second-order valence-corrected chi connectivity index (χ2v) is 4.03. The molecule has 4 N–H and O–H groups in total. The lowest BCUT2D eigenvalue weighted by Crippen LogP contribution is -2.31. The molecule has 4 nitrogen and oxygen atoms in total. The summed E-state index contributed by atoms with van der Waals surface area (Å²) in [7, 11) is 0. The number of nitrogens with two attached hydrogens (primary N) is 2. The quantitative estimate of drug-likeness (QED) is 0.683. The van der Waals surface area contributed by atoms with E-state index in [0.29, 0.717) is 11.0 Å². The fourth-order valence-electron chi connectivity index (χ4n) is 1.95. The minimum atomic E-state index is -1.04. The lowest BCUT2D eigenvalue weighted by Gasteiger charge is -2.17. The van der Waals surface area contributed by atoms with E-state index in [0.717, 1.165) is 10.9 Å². The number of anilines is 1. The van der Waals surface area contributed by atoms with E-state index in [4.69, 9.17) is 11.5 Å². The van der Waals surface area contributed by atoms with E-state index >= 15 is 0 Å². The molecule has 2 aromatic carbocycles. The van der Waals surface area contributed by atoms with Gasteiger partial charge >= 0.3 is 0 Å². The summed E-state index contributed by atoms with van der Waals surface area (Å²) in [6, 6.07) is 15.1. The number of hydrogen-bond donors (Lipinski definition) is 2. The minimum absolute atomic E-state index is 0.606. The van der Waals surface area contributed by atoms with Crippen LogP contribution in [0.5, 0.6) is 0 Å². The molecule has 0 amide bonds. The molecular formula is C13H12N4. The second kappa shape index (κ2) is 3.40. The van der Waals surface area contributed by atoms with E-state index in [1.807, 2.05) is 42.5 Å². The molecule has 3 rings (SSSR count). The molecule has 0 aliphatic carbocycles. The Morgan fingerprint density at radius 3 is 2.35 bits per heavy atom. The summed E-state index contributed by atoms with van der Waals surface area (Å²) in [6.07, 6.45) is 0. The van der Waals surface area contributed by atoms with Crippen molar-refractivity contribution in [3.8, 4) is 0 Å². The van der Waals surface area contributed by atoms with Crippen molar-refractivity contribution in [3.63, 3.8) is 0 Å². The number of hydrogen-bond acceptors (Lipinski definition) is 4. The fourth-order valence-corrected chi connectivity index (χ4v) is 1.95. The molecule has 1 aliphatic rings. The highest BCUT2D eigenvalue weighted by Crippen LogP contribution is 2.21. The maximum absolute atomic E-state index is 6.21. The molecule has 0 spiro atoms. The van der Waals surface area contributed by atoms with Crippen LogP contribution in [0.1, 0.15) is 5.56 Å². The van der Waals surface area contributed by atoms with Crippen molar-refractivity contribution in [2.75, 3.05) is 5.73 Å². The van der Waals surface area contributed by atoms with Crippen molar-refractivity contribution < 1.29 is 0 Å². The number of para-hydroxylation sites is 1. The molecule has 0 saturated carbocycles. The van der Waals surface area contributed by atoms with Crippen LogP contribution in [0.15, 0.2) is 58.5 Å². The minimum Gasteiger partial charge on any atom is -0.397 e. The summed E-state index contributed by atoms with van der Waals surface area (Å²) in [5.41, 5.74) is 13.5. The van der Waals surface area contributed by atoms with E-state index in [2.05, 4.69) is 9.98 Å². The van der Waals surface area contributed by atoms with Gasteiger partial charge in [0.05, 0.1) is 11.0 Å². The van der Waals surface area contributed by atoms with Gasteiger partial charge in [-0.25, -0.2) is 9.98 Å². The molecule has 4 heteroatoms. The van der Waals surface area contributed by atoms with Crippen LogP contribution in [0, 0.1) is 0 Å². The highest BCUT2D eigenvalue weighted by atomic mass is 15.2. The predicted molar refractivity (Wildman–Crippen MR) is 65.5 cm³/mol. The zero-order valence-electron chi connectivity index (χ0n) is 9.17. The fraction of sp³-hybridized carbons (Fsp3) is 0.0769. The lowest BCUT2D eigenvalue weighted by atomic mass is 10.1. The van der Waals surface area contributed by atoms with Crippen LogP contribution in [0.25, 0.3) is 0 Å². The summed E-state index contributed by atoms with van der Waals surface area (Å²) in [5, 5.41) is 1.43. The number of rotatable bonds is 1. The van der Waals surface area contributed by atoms with Crippen molar-refractivity contribution >= 4 is 5.69 Å². The third kappa shape index (κ3) is 1.50. The normalized spacial score (nSPS) is 21.5. The zero-order valence-corrected chi connectivity index (χ0v) is 9.17. The van der Waals surface area contributed by atoms with Gasteiger partial charge in [0.25, 0.3) is 0 Å². The molecule has 17 heavy (non-hydrogen) atoms. The van der Waals surface area contributed by atoms with Gasteiger partial charge in [-0.05, 0) is 12.1 Å². The van der Waals surface area contributed by atoms with Crippen LogP contribution in [0.2, 0.25) is 0 Å². The molecule has 84 valence electrons. The van der Waals surface area contributed by atoms with Crippen LogP contribution < -0.4 is 22.2 Å². The van der Waals surface area contributed by atoms with E-state index in [-0.39, 0.29) is 0 Å². The summed E-state index contributed by atoms with van der Waals surface area (Å²) in [5.74, 6) is -1.04. The largest absolute Gasteiger partial charge is 0.397 e. The molecule has 1 atom stereocenters. The van der Waals surface area contributed by atoms with Gasteiger partial charge in [-0.15, -0.1) is 0 Å². The maximum atomic E-state index is 6.21. The topological polar surface area (TPSA) is 76.8 Å². The number of nitrogen functional groups attached to an aromatic ring is 1. The Morgan fingerprint density at radius 2 is 1.65 bits per heavy atom. The number of nitrogens with zero attached hydrogens (tertiary/aromatic N) is 2. The van der Waals surface area contributed by atoms with Crippen molar-refractivity contribution in [1.82, 2.24) is 0 Å². The zero-order chi connectivity index (χ0) is 11.9. The van der Waals surface area contributed by atoms with Gasteiger partial charge in [0, 0.05) is 5.56 Å². The van der Waals surface area contributed by atoms with Crippen molar-refractivity contribution in [2.24, 2.45) is 15.7 Å². The monoisotopic (exact) mass is 224 g/mol. The molecule has 1 aliphatic heterocycles. The van der Waals surface area contributed by atoms with Gasteiger partial charge in [0.2, 0.25) is 5.79 Å². The van der Waals surface area contributed by atoms with Gasteiger partial charge in [-0.1, -0.05) is 36.4 Å². The number of fused-ring (bicyclic) bond motifs is 1. The highest BCUT2D eigenvalue weighted by molar-refractivity contribution is 5.38. The summed E-state index contributed by atoms with van der Waals surface area (Å²) < 4.78 is 0. The Bertz CT molecular complexity index is 678. The summed E-state index contributed by atoms with van der Waals surface area (Å²) in [6.45, 7) is 0. The predicted octanol–water partition coefficient (Wildman–Crippen LogP) is 0.291. The smallest absolute Gasteiger partial charge is 0.230 e. The molecule has 0 saturated heterocycles. The third-order valence-electron chi connectivity index (χ3n) is 2.82. The molecule has 2 aromatic rings. The standard InChI is InChI=1S/C13H12N4/c14-10-7-4-8-11-12(10)17-13(15,16-11)9-5-2-1-3-6-9/h1-8H,14-15H2. The molecule has 0 aromatic heterocycles. The van der Waals surface area contributed by atoms with Crippen LogP contribution in [0.4, 0.5) is 5.69 Å². The van der Waals surface area contributed by atoms with E-state index in [9.17, 15) is 0 Å². The number of benzene rings is 2. The SMILES string of the molecule is Nc1cccc2c1=NC(N)(c1ccccc1)N=2.